The Balaban J connectivity index is 1.14. The van der Waals surface area contributed by atoms with Crippen molar-refractivity contribution in [2.75, 3.05) is 38.2 Å². The first kappa shape index (κ1) is 32.7. The van der Waals surface area contributed by atoms with E-state index in [0.29, 0.717) is 86.4 Å². The second-order valence-corrected chi connectivity index (χ2v) is 13.7. The molecular weight excluding hydrogens is 661 g/mol. The summed E-state index contributed by atoms with van der Waals surface area (Å²) >= 11 is 0. The van der Waals surface area contributed by atoms with Crippen LogP contribution in [0.5, 0.6) is 11.6 Å². The first-order valence-corrected chi connectivity index (χ1v) is 17.3. The third-order valence-corrected chi connectivity index (χ3v) is 10.8. The minimum atomic E-state index is -1.13. The van der Waals surface area contributed by atoms with Crippen molar-refractivity contribution in [2.24, 2.45) is 0 Å². The number of aromatic nitrogens is 4. The van der Waals surface area contributed by atoms with Crippen molar-refractivity contribution < 1.29 is 32.7 Å². The van der Waals surface area contributed by atoms with E-state index in [1.807, 2.05) is 11.8 Å². The van der Waals surface area contributed by atoms with Crippen molar-refractivity contribution in [3.8, 4) is 23.1 Å². The van der Waals surface area contributed by atoms with E-state index in [1.54, 1.807) is 33.9 Å². The molecule has 5 aromatic rings. The quantitative estimate of drug-likeness (QED) is 0.236. The van der Waals surface area contributed by atoms with E-state index in [4.69, 9.17) is 13.6 Å². The van der Waals surface area contributed by atoms with Crippen LogP contribution in [-0.4, -0.2) is 85.8 Å². The molecule has 9 rings (SSSR count). The summed E-state index contributed by atoms with van der Waals surface area (Å²) in [5, 5.41) is 13.8. The highest BCUT2D eigenvalue weighted by molar-refractivity contribution is 6.06. The van der Waals surface area contributed by atoms with E-state index in [1.165, 1.54) is 19.6 Å². The fraction of sp³-hybridized carbons (Fsp3) is 0.444. The predicted octanol–water partition coefficient (Wildman–Crippen LogP) is 4.36. The topological polar surface area (TPSA) is 169 Å². The smallest absolute Gasteiger partial charge is 0.261 e. The second-order valence-electron chi connectivity index (χ2n) is 13.7. The van der Waals surface area contributed by atoms with Crippen LogP contribution in [0.2, 0.25) is 0 Å². The number of nitrogens with one attached hydrogen (secondary N) is 1. The number of piperazine rings is 1. The summed E-state index contributed by atoms with van der Waals surface area (Å²) in [4.78, 5) is 58.3. The maximum atomic E-state index is 14.9. The summed E-state index contributed by atoms with van der Waals surface area (Å²) in [6, 6.07) is 6.34. The van der Waals surface area contributed by atoms with E-state index < -0.39 is 17.1 Å². The number of hydrogen-bond acceptors (Lipinski definition) is 11. The van der Waals surface area contributed by atoms with Gasteiger partial charge in [-0.2, -0.15) is 0 Å². The van der Waals surface area contributed by atoms with Gasteiger partial charge >= 0.3 is 0 Å². The van der Waals surface area contributed by atoms with Crippen molar-refractivity contribution in [3.05, 3.63) is 58.3 Å². The minimum absolute atomic E-state index is 0.0398. The normalized spacial score (nSPS) is 21.8. The molecule has 2 amide bonds. The molecule has 1 saturated heterocycles. The van der Waals surface area contributed by atoms with Crippen LogP contribution in [0.3, 0.4) is 0 Å². The number of aromatic hydroxyl groups is 1. The zero-order chi connectivity index (χ0) is 35.5. The summed E-state index contributed by atoms with van der Waals surface area (Å²) < 4.78 is 33.6. The number of carbonyl (C=O) groups excluding carboxylic acids is 2. The fourth-order valence-electron chi connectivity index (χ4n) is 7.99. The molecule has 4 aliphatic rings. The molecule has 2 N–H and O–H groups in total. The van der Waals surface area contributed by atoms with E-state index in [0.717, 1.165) is 0 Å². The van der Waals surface area contributed by atoms with E-state index >= 15 is 0 Å². The number of phenols is 1. The summed E-state index contributed by atoms with van der Waals surface area (Å²) in [6.07, 6.45) is 6.23. The molecule has 4 fully saturated rings. The van der Waals surface area contributed by atoms with Crippen molar-refractivity contribution >= 4 is 39.8 Å². The van der Waals surface area contributed by atoms with Gasteiger partial charge in [0.15, 0.2) is 17.5 Å². The molecule has 4 aromatic heterocycles. The standard InChI is InChI=1S/C36H38FN7O7/c1-3-23-29(42-14-16-43(17-15-42)33(48)27-24(45)5-4-22-31(27)50-20-39-22)30(47)28-34(51-32(40-28)21-6-13-38-26(18-21)49-2)44(23)19-25(46)41-36-10-7-35(37,8-11-36)9-12-36/h4-6,13,18,20,45H,3,7-12,14-17,19H2,1-2H3,(H,41,46). The molecule has 51 heavy (non-hydrogen) atoms. The van der Waals surface area contributed by atoms with Crippen LogP contribution in [0, 0.1) is 0 Å². The van der Waals surface area contributed by atoms with Crippen LogP contribution < -0.4 is 20.4 Å². The van der Waals surface area contributed by atoms with Gasteiger partial charge in [0, 0.05) is 55.2 Å². The van der Waals surface area contributed by atoms with Gasteiger partial charge in [-0.05, 0) is 63.1 Å². The Morgan fingerprint density at radius 2 is 1.80 bits per heavy atom. The van der Waals surface area contributed by atoms with Gasteiger partial charge < -0.3 is 38.4 Å². The Morgan fingerprint density at radius 1 is 1.06 bits per heavy atom. The van der Waals surface area contributed by atoms with Crippen LogP contribution in [0.25, 0.3) is 33.8 Å². The molecule has 0 unspecified atom stereocenters. The number of hydrogen-bond donors (Lipinski definition) is 2. The summed E-state index contributed by atoms with van der Waals surface area (Å²) in [6.45, 7) is 2.89. The van der Waals surface area contributed by atoms with Gasteiger partial charge in [0.1, 0.15) is 34.7 Å². The summed E-state index contributed by atoms with van der Waals surface area (Å²) in [7, 11) is 1.50. The zero-order valence-electron chi connectivity index (χ0n) is 28.4. The molecule has 3 aliphatic carbocycles. The molecule has 1 aliphatic heterocycles. The Morgan fingerprint density at radius 3 is 2.51 bits per heavy atom. The third-order valence-electron chi connectivity index (χ3n) is 10.8. The van der Waals surface area contributed by atoms with Crippen LogP contribution in [-0.2, 0) is 17.8 Å². The first-order chi connectivity index (χ1) is 24.6. The van der Waals surface area contributed by atoms with Crippen LogP contribution in [0.1, 0.15) is 61.5 Å². The number of halogens is 1. The highest BCUT2D eigenvalue weighted by atomic mass is 19.1. The maximum absolute atomic E-state index is 14.9. The van der Waals surface area contributed by atoms with E-state index in [9.17, 15) is 23.9 Å². The van der Waals surface area contributed by atoms with Crippen LogP contribution in [0.15, 0.2) is 50.5 Å². The van der Waals surface area contributed by atoms with Crippen LogP contribution >= 0.6 is 0 Å². The average molecular weight is 700 g/mol. The van der Waals surface area contributed by atoms with Gasteiger partial charge in [0.25, 0.3) is 5.91 Å². The number of methoxy groups -OCH3 is 1. The number of alkyl halides is 1. The average Bonchev–Trinajstić information content (AvgIpc) is 3.82. The molecule has 0 atom stereocenters. The Hall–Kier alpha value is -5.47. The van der Waals surface area contributed by atoms with Crippen molar-refractivity contribution in [1.29, 1.82) is 0 Å². The molecule has 0 spiro atoms. The number of ether oxygens (including phenoxy) is 1. The fourth-order valence-corrected chi connectivity index (χ4v) is 7.99. The van der Waals surface area contributed by atoms with Gasteiger partial charge in [0.2, 0.25) is 28.8 Å². The molecule has 2 bridgehead atoms. The molecule has 14 nitrogen and oxygen atoms in total. The maximum Gasteiger partial charge on any atom is 0.261 e. The largest absolute Gasteiger partial charge is 0.507 e. The lowest BCUT2D eigenvalue weighted by molar-refractivity contribution is -0.126. The number of anilines is 1. The number of amides is 2. The highest BCUT2D eigenvalue weighted by Crippen LogP contribution is 2.49. The monoisotopic (exact) mass is 699 g/mol. The molecule has 266 valence electrons. The van der Waals surface area contributed by atoms with Crippen molar-refractivity contribution in [1.82, 2.24) is 29.7 Å². The zero-order valence-corrected chi connectivity index (χ0v) is 28.4. The predicted molar refractivity (Wildman–Crippen MR) is 184 cm³/mol. The minimum Gasteiger partial charge on any atom is -0.507 e. The van der Waals surface area contributed by atoms with E-state index in [2.05, 4.69) is 20.3 Å². The van der Waals surface area contributed by atoms with Gasteiger partial charge in [-0.3, -0.25) is 14.4 Å². The van der Waals surface area contributed by atoms with Gasteiger partial charge in [-0.15, -0.1) is 0 Å². The van der Waals surface area contributed by atoms with Gasteiger partial charge in [-0.25, -0.2) is 19.3 Å². The Bertz CT molecular complexity index is 2210. The van der Waals surface area contributed by atoms with Crippen molar-refractivity contribution in [3.63, 3.8) is 0 Å². The first-order valence-electron chi connectivity index (χ1n) is 17.3. The number of pyridine rings is 2. The lowest BCUT2D eigenvalue weighted by atomic mass is 9.64. The van der Waals surface area contributed by atoms with Crippen molar-refractivity contribution in [2.45, 2.75) is 69.6 Å². The number of oxazole rings is 2. The molecule has 3 saturated carbocycles. The summed E-state index contributed by atoms with van der Waals surface area (Å²) in [5.41, 5.74) is 0.521. The number of carbonyl (C=O) groups is 2. The molecule has 1 aromatic carbocycles. The number of rotatable bonds is 8. The van der Waals surface area contributed by atoms with Gasteiger partial charge in [-0.1, -0.05) is 6.92 Å². The third kappa shape index (κ3) is 5.64. The second kappa shape index (κ2) is 12.4. The molecular formula is C36H38FN7O7. The number of fused-ring (bicyclic) bond motifs is 5. The lowest BCUT2D eigenvalue weighted by Gasteiger charge is -2.50. The highest BCUT2D eigenvalue weighted by Gasteiger charge is 2.49. The van der Waals surface area contributed by atoms with Gasteiger partial charge in [0.05, 0.1) is 7.11 Å². The molecule has 15 heteroatoms. The van der Waals surface area contributed by atoms with Crippen LogP contribution in [0.4, 0.5) is 10.1 Å². The Kier molecular flexibility index (Phi) is 7.95. The Labute approximate surface area is 291 Å². The molecule has 0 radical (unpaired) electrons. The molecule has 5 heterocycles. The lowest BCUT2D eigenvalue weighted by Crippen LogP contribution is -2.58. The SMILES string of the molecule is CCc1c(N2CCN(C(=O)c3c(O)ccc4ncoc34)CC2)c(=O)c2nc(-c3ccnc(OC)c3)oc2n1CC(=O)NC12CCC(F)(CC1)CC2. The summed E-state index contributed by atoms with van der Waals surface area (Å²) in [5.74, 6) is -0.348. The number of nitrogens with zero attached hydrogens (tertiary/aromatic N) is 6. The van der Waals surface area contributed by atoms with E-state index in [-0.39, 0.29) is 65.0 Å². The number of phenolic OH excluding ortho intramolecular Hbond substituents is 1. The number of benzene rings is 1.